The van der Waals surface area contributed by atoms with Gasteiger partial charge in [0.2, 0.25) is 0 Å². The molecule has 1 saturated heterocycles. The van der Waals surface area contributed by atoms with E-state index in [9.17, 15) is 4.79 Å². The van der Waals surface area contributed by atoms with Crippen LogP contribution >= 0.6 is 22.9 Å². The highest BCUT2D eigenvalue weighted by Gasteiger charge is 2.26. The van der Waals surface area contributed by atoms with Crippen LogP contribution in [0.15, 0.2) is 12.1 Å². The van der Waals surface area contributed by atoms with Gasteiger partial charge < -0.3 is 0 Å². The van der Waals surface area contributed by atoms with Crippen LogP contribution in [-0.2, 0) is 0 Å². The molecule has 0 saturated carbocycles. The van der Waals surface area contributed by atoms with E-state index < -0.39 is 0 Å². The van der Waals surface area contributed by atoms with Gasteiger partial charge in [-0.1, -0.05) is 18.5 Å². The van der Waals surface area contributed by atoms with Gasteiger partial charge >= 0.3 is 0 Å². The summed E-state index contributed by atoms with van der Waals surface area (Å²) < 4.78 is 0.688. The summed E-state index contributed by atoms with van der Waals surface area (Å²) in [6, 6.07) is 3.61. The quantitative estimate of drug-likeness (QED) is 0.781. The van der Waals surface area contributed by atoms with Crippen LogP contribution in [0.4, 0.5) is 0 Å². The zero-order chi connectivity index (χ0) is 12.4. The molecule has 0 N–H and O–H groups in total. The Labute approximate surface area is 112 Å². The molecule has 2 nitrogen and oxygen atoms in total. The lowest BCUT2D eigenvalue weighted by Gasteiger charge is -2.34. The first-order chi connectivity index (χ1) is 8.08. The van der Waals surface area contributed by atoms with Crippen molar-refractivity contribution in [2.75, 3.05) is 13.1 Å². The van der Waals surface area contributed by atoms with Crippen molar-refractivity contribution in [1.82, 2.24) is 4.90 Å². The van der Waals surface area contributed by atoms with Crippen LogP contribution in [0.25, 0.3) is 0 Å². The van der Waals surface area contributed by atoms with Crippen LogP contribution in [-0.4, -0.2) is 29.8 Å². The van der Waals surface area contributed by atoms with Gasteiger partial charge in [-0.3, -0.25) is 9.69 Å². The summed E-state index contributed by atoms with van der Waals surface area (Å²) in [5.41, 5.74) is 0. The third kappa shape index (κ3) is 3.09. The molecule has 1 aromatic rings. The summed E-state index contributed by atoms with van der Waals surface area (Å²) in [6.45, 7) is 6.34. The smallest absolute Gasteiger partial charge is 0.189 e. The van der Waals surface area contributed by atoms with Crippen molar-refractivity contribution in [1.29, 1.82) is 0 Å². The van der Waals surface area contributed by atoms with Gasteiger partial charge in [-0.25, -0.2) is 0 Å². The first-order valence-electron chi connectivity index (χ1n) is 6.11. The SMILES string of the molecule is CC1CCCN(C(C)C(=O)c2ccc(Cl)s2)C1. The second-order valence-electron chi connectivity index (χ2n) is 4.89. The summed E-state index contributed by atoms with van der Waals surface area (Å²) in [6.07, 6.45) is 2.48. The molecule has 2 atom stereocenters. The molecule has 4 heteroatoms. The van der Waals surface area contributed by atoms with Crippen LogP contribution < -0.4 is 0 Å². The molecule has 1 aliphatic heterocycles. The van der Waals surface area contributed by atoms with E-state index in [2.05, 4.69) is 11.8 Å². The van der Waals surface area contributed by atoms with E-state index >= 15 is 0 Å². The van der Waals surface area contributed by atoms with Crippen molar-refractivity contribution in [2.24, 2.45) is 5.92 Å². The number of carbonyl (C=O) groups excluding carboxylic acids is 1. The topological polar surface area (TPSA) is 20.3 Å². The molecule has 94 valence electrons. The normalized spacial score (nSPS) is 23.6. The Morgan fingerprint density at radius 1 is 1.59 bits per heavy atom. The average molecular weight is 272 g/mol. The molecule has 0 aromatic carbocycles. The summed E-state index contributed by atoms with van der Waals surface area (Å²) in [4.78, 5) is 15.3. The van der Waals surface area contributed by atoms with Crippen LogP contribution in [0, 0.1) is 5.92 Å². The molecule has 2 heterocycles. The number of piperidine rings is 1. The van der Waals surface area contributed by atoms with Gasteiger partial charge in [-0.15, -0.1) is 11.3 Å². The molecule has 2 unspecified atom stereocenters. The molecule has 17 heavy (non-hydrogen) atoms. The van der Waals surface area contributed by atoms with E-state index in [1.807, 2.05) is 13.0 Å². The molecule has 0 aliphatic carbocycles. The first kappa shape index (κ1) is 13.1. The summed E-state index contributed by atoms with van der Waals surface area (Å²) in [5, 5.41) is 0. The van der Waals surface area contributed by atoms with Gasteiger partial charge in [0, 0.05) is 6.54 Å². The fraction of sp³-hybridized carbons (Fsp3) is 0.615. The molecular weight excluding hydrogens is 254 g/mol. The minimum atomic E-state index is -0.0209. The number of carbonyl (C=O) groups is 1. The number of halogens is 1. The highest BCUT2D eigenvalue weighted by atomic mass is 35.5. The standard InChI is InChI=1S/C13H18ClNOS/c1-9-4-3-7-15(8-9)10(2)13(16)11-5-6-12(14)17-11/h5-6,9-10H,3-4,7-8H2,1-2H3. The lowest BCUT2D eigenvalue weighted by molar-refractivity contribution is 0.0769. The Morgan fingerprint density at radius 3 is 2.94 bits per heavy atom. The average Bonchev–Trinajstić information content (AvgIpc) is 2.74. The fourth-order valence-corrected chi connectivity index (χ4v) is 3.46. The molecule has 0 radical (unpaired) electrons. The summed E-state index contributed by atoms with van der Waals surface area (Å²) in [7, 11) is 0. The highest BCUT2D eigenvalue weighted by Crippen LogP contribution is 2.25. The number of hydrogen-bond acceptors (Lipinski definition) is 3. The van der Waals surface area contributed by atoms with E-state index in [4.69, 9.17) is 11.6 Å². The third-order valence-corrected chi connectivity index (χ3v) is 4.68. The molecule has 1 aliphatic rings. The predicted octanol–water partition coefficient (Wildman–Crippen LogP) is 3.70. The number of likely N-dealkylation sites (tertiary alicyclic amines) is 1. The minimum Gasteiger partial charge on any atom is -0.293 e. The van der Waals surface area contributed by atoms with Crippen molar-refractivity contribution in [3.8, 4) is 0 Å². The zero-order valence-corrected chi connectivity index (χ0v) is 11.9. The van der Waals surface area contributed by atoms with E-state index in [1.54, 1.807) is 6.07 Å². The number of nitrogens with zero attached hydrogens (tertiary/aromatic N) is 1. The highest BCUT2D eigenvalue weighted by molar-refractivity contribution is 7.18. The first-order valence-corrected chi connectivity index (χ1v) is 7.31. The van der Waals surface area contributed by atoms with Gasteiger partial charge in [0.15, 0.2) is 5.78 Å². The van der Waals surface area contributed by atoms with Crippen LogP contribution in [0.3, 0.4) is 0 Å². The predicted molar refractivity (Wildman–Crippen MR) is 73.1 cm³/mol. The fourth-order valence-electron chi connectivity index (χ4n) is 2.40. The Morgan fingerprint density at radius 2 is 2.35 bits per heavy atom. The van der Waals surface area contributed by atoms with Crippen LogP contribution in [0.2, 0.25) is 4.34 Å². The van der Waals surface area contributed by atoms with Crippen LogP contribution in [0.5, 0.6) is 0 Å². The maximum atomic E-state index is 12.3. The molecule has 0 spiro atoms. The molecule has 1 aromatic heterocycles. The van der Waals surface area contributed by atoms with Gasteiger partial charge in [0.1, 0.15) is 0 Å². The Kier molecular flexibility index (Phi) is 4.23. The largest absolute Gasteiger partial charge is 0.293 e. The van der Waals surface area contributed by atoms with Gasteiger partial charge in [0.05, 0.1) is 15.3 Å². The van der Waals surface area contributed by atoms with E-state index in [0.29, 0.717) is 10.3 Å². The van der Waals surface area contributed by atoms with Crippen molar-refractivity contribution in [3.63, 3.8) is 0 Å². The Bertz CT molecular complexity index is 404. The van der Waals surface area contributed by atoms with Gasteiger partial charge in [0.25, 0.3) is 0 Å². The molecule has 1 fully saturated rings. The second-order valence-corrected chi connectivity index (χ2v) is 6.60. The lowest BCUT2D eigenvalue weighted by Crippen LogP contribution is -2.44. The van der Waals surface area contributed by atoms with E-state index in [-0.39, 0.29) is 11.8 Å². The van der Waals surface area contributed by atoms with E-state index in [0.717, 1.165) is 18.0 Å². The van der Waals surface area contributed by atoms with Gasteiger partial charge in [-0.2, -0.15) is 0 Å². The maximum absolute atomic E-state index is 12.3. The maximum Gasteiger partial charge on any atom is 0.189 e. The minimum absolute atomic E-state index is 0.0209. The zero-order valence-electron chi connectivity index (χ0n) is 10.3. The van der Waals surface area contributed by atoms with E-state index in [1.165, 1.54) is 24.2 Å². The molecule has 0 amide bonds. The van der Waals surface area contributed by atoms with Crippen molar-refractivity contribution in [3.05, 3.63) is 21.3 Å². The lowest BCUT2D eigenvalue weighted by atomic mass is 9.98. The summed E-state index contributed by atoms with van der Waals surface area (Å²) in [5.74, 6) is 0.905. The third-order valence-electron chi connectivity index (χ3n) is 3.43. The number of Topliss-reactive ketones (excluding diaryl/α,β-unsaturated/α-hetero) is 1. The van der Waals surface area contributed by atoms with Crippen molar-refractivity contribution in [2.45, 2.75) is 32.7 Å². The number of rotatable bonds is 3. The van der Waals surface area contributed by atoms with Gasteiger partial charge in [-0.05, 0) is 44.4 Å². The Hall–Kier alpha value is -0.380. The summed E-state index contributed by atoms with van der Waals surface area (Å²) >= 11 is 7.25. The second kappa shape index (κ2) is 5.51. The number of hydrogen-bond donors (Lipinski definition) is 0. The molecular formula is C13H18ClNOS. The van der Waals surface area contributed by atoms with Crippen molar-refractivity contribution >= 4 is 28.7 Å². The van der Waals surface area contributed by atoms with Crippen molar-refractivity contribution < 1.29 is 4.79 Å². The monoisotopic (exact) mass is 271 g/mol. The number of ketones is 1. The molecule has 2 rings (SSSR count). The number of thiophene rings is 1. The molecule has 0 bridgehead atoms. The Balaban J connectivity index is 2.04. The van der Waals surface area contributed by atoms with Crippen LogP contribution in [0.1, 0.15) is 36.4 Å².